The quantitative estimate of drug-likeness (QED) is 0.788. The van der Waals surface area contributed by atoms with E-state index < -0.39 is 0 Å². The molecule has 4 heteroatoms. The molecule has 0 radical (unpaired) electrons. The maximum atomic E-state index is 5.08. The van der Waals surface area contributed by atoms with Crippen LogP contribution < -0.4 is 10.1 Å². The third-order valence-electron chi connectivity index (χ3n) is 2.76. The van der Waals surface area contributed by atoms with Crippen molar-refractivity contribution in [3.8, 4) is 5.88 Å². The SMILES string of the molecule is CCCNC(Cc1cncc(OC)n1)C(C)C. The molecule has 1 atom stereocenters. The molecule has 0 saturated heterocycles. The predicted molar refractivity (Wildman–Crippen MR) is 69.2 cm³/mol. The first-order valence-corrected chi connectivity index (χ1v) is 6.25. The Morgan fingerprint density at radius 3 is 2.71 bits per heavy atom. The van der Waals surface area contributed by atoms with Gasteiger partial charge in [0.15, 0.2) is 0 Å². The first kappa shape index (κ1) is 13.9. The summed E-state index contributed by atoms with van der Waals surface area (Å²) in [6.45, 7) is 7.66. The number of nitrogens with one attached hydrogen (secondary N) is 1. The second-order valence-corrected chi connectivity index (χ2v) is 4.56. The summed E-state index contributed by atoms with van der Waals surface area (Å²) in [4.78, 5) is 8.53. The van der Waals surface area contributed by atoms with Gasteiger partial charge in [-0.25, -0.2) is 4.98 Å². The molecule has 1 heterocycles. The molecule has 1 rings (SSSR count). The largest absolute Gasteiger partial charge is 0.480 e. The monoisotopic (exact) mass is 237 g/mol. The van der Waals surface area contributed by atoms with Gasteiger partial charge in [-0.1, -0.05) is 20.8 Å². The van der Waals surface area contributed by atoms with Crippen LogP contribution in [0.25, 0.3) is 0 Å². The Bertz CT molecular complexity index is 328. The molecule has 1 unspecified atom stereocenters. The summed E-state index contributed by atoms with van der Waals surface area (Å²) in [7, 11) is 1.61. The Hall–Kier alpha value is -1.16. The van der Waals surface area contributed by atoms with Gasteiger partial charge in [-0.05, 0) is 18.9 Å². The van der Waals surface area contributed by atoms with E-state index in [9.17, 15) is 0 Å². The van der Waals surface area contributed by atoms with Gasteiger partial charge in [0.25, 0.3) is 0 Å². The second kappa shape index (κ2) is 7.22. The van der Waals surface area contributed by atoms with Gasteiger partial charge in [0.2, 0.25) is 5.88 Å². The minimum atomic E-state index is 0.441. The highest BCUT2D eigenvalue weighted by atomic mass is 16.5. The highest BCUT2D eigenvalue weighted by Gasteiger charge is 2.14. The summed E-state index contributed by atoms with van der Waals surface area (Å²) in [5.41, 5.74) is 0.978. The third kappa shape index (κ3) is 4.69. The van der Waals surface area contributed by atoms with Crippen molar-refractivity contribution in [3.63, 3.8) is 0 Å². The van der Waals surface area contributed by atoms with E-state index in [1.54, 1.807) is 13.3 Å². The lowest BCUT2D eigenvalue weighted by Gasteiger charge is -2.21. The maximum Gasteiger partial charge on any atom is 0.232 e. The van der Waals surface area contributed by atoms with E-state index in [1.807, 2.05) is 6.20 Å². The Morgan fingerprint density at radius 1 is 1.35 bits per heavy atom. The van der Waals surface area contributed by atoms with Crippen LogP contribution >= 0.6 is 0 Å². The van der Waals surface area contributed by atoms with E-state index in [-0.39, 0.29) is 0 Å². The van der Waals surface area contributed by atoms with Crippen molar-refractivity contribution in [3.05, 3.63) is 18.1 Å². The molecule has 0 aliphatic carbocycles. The highest BCUT2D eigenvalue weighted by molar-refractivity contribution is 5.09. The molecule has 0 bridgehead atoms. The van der Waals surface area contributed by atoms with E-state index in [2.05, 4.69) is 36.1 Å². The number of hydrogen-bond acceptors (Lipinski definition) is 4. The molecular formula is C13H23N3O. The average molecular weight is 237 g/mol. The minimum absolute atomic E-state index is 0.441. The number of nitrogens with zero attached hydrogens (tertiary/aromatic N) is 2. The number of rotatable bonds is 7. The van der Waals surface area contributed by atoms with Gasteiger partial charge in [-0.15, -0.1) is 0 Å². The van der Waals surface area contributed by atoms with Crippen LogP contribution in [0.1, 0.15) is 32.9 Å². The number of methoxy groups -OCH3 is 1. The van der Waals surface area contributed by atoms with Crippen LogP contribution in [0.2, 0.25) is 0 Å². The van der Waals surface area contributed by atoms with Crippen LogP contribution in [0, 0.1) is 5.92 Å². The summed E-state index contributed by atoms with van der Waals surface area (Å²) in [6, 6.07) is 0.441. The van der Waals surface area contributed by atoms with Gasteiger partial charge in [0.1, 0.15) is 0 Å². The van der Waals surface area contributed by atoms with Gasteiger partial charge >= 0.3 is 0 Å². The van der Waals surface area contributed by atoms with Gasteiger partial charge in [0.05, 0.1) is 19.0 Å². The van der Waals surface area contributed by atoms with Gasteiger partial charge in [-0.3, -0.25) is 4.98 Å². The second-order valence-electron chi connectivity index (χ2n) is 4.56. The van der Waals surface area contributed by atoms with Crippen LogP contribution in [0.3, 0.4) is 0 Å². The number of hydrogen-bond donors (Lipinski definition) is 1. The molecule has 1 aromatic rings. The molecule has 0 aliphatic heterocycles. The van der Waals surface area contributed by atoms with Crippen molar-refractivity contribution in [2.75, 3.05) is 13.7 Å². The van der Waals surface area contributed by atoms with Crippen molar-refractivity contribution in [1.29, 1.82) is 0 Å². The van der Waals surface area contributed by atoms with Gasteiger partial charge in [0, 0.05) is 18.7 Å². The van der Waals surface area contributed by atoms with E-state index in [1.165, 1.54) is 0 Å². The maximum absolute atomic E-state index is 5.08. The van der Waals surface area contributed by atoms with Crippen molar-refractivity contribution in [2.45, 2.75) is 39.7 Å². The van der Waals surface area contributed by atoms with Crippen molar-refractivity contribution in [2.24, 2.45) is 5.92 Å². The fourth-order valence-electron chi connectivity index (χ4n) is 1.68. The van der Waals surface area contributed by atoms with Crippen molar-refractivity contribution in [1.82, 2.24) is 15.3 Å². The van der Waals surface area contributed by atoms with E-state index in [0.29, 0.717) is 17.8 Å². The fraction of sp³-hybridized carbons (Fsp3) is 0.692. The summed E-state index contributed by atoms with van der Waals surface area (Å²) < 4.78 is 5.08. The Morgan fingerprint density at radius 2 is 2.12 bits per heavy atom. The zero-order chi connectivity index (χ0) is 12.7. The molecule has 0 amide bonds. The Labute approximate surface area is 104 Å². The molecule has 0 saturated carbocycles. The van der Waals surface area contributed by atoms with Crippen LogP contribution in [0.15, 0.2) is 12.4 Å². The summed E-state index contributed by atoms with van der Waals surface area (Å²) in [6.07, 6.45) is 5.48. The number of aromatic nitrogens is 2. The highest BCUT2D eigenvalue weighted by Crippen LogP contribution is 2.10. The molecule has 0 spiro atoms. The van der Waals surface area contributed by atoms with Crippen molar-refractivity contribution >= 4 is 0 Å². The van der Waals surface area contributed by atoms with Gasteiger partial charge in [-0.2, -0.15) is 0 Å². The molecule has 1 N–H and O–H groups in total. The molecule has 96 valence electrons. The molecule has 0 aliphatic rings. The summed E-state index contributed by atoms with van der Waals surface area (Å²) in [5, 5.41) is 3.55. The fourth-order valence-corrected chi connectivity index (χ4v) is 1.68. The van der Waals surface area contributed by atoms with Crippen LogP contribution in [-0.2, 0) is 6.42 Å². The smallest absolute Gasteiger partial charge is 0.232 e. The van der Waals surface area contributed by atoms with E-state index in [4.69, 9.17) is 4.74 Å². The predicted octanol–water partition coefficient (Wildman–Crippen LogP) is 2.05. The van der Waals surface area contributed by atoms with Crippen LogP contribution in [-0.4, -0.2) is 29.7 Å². The Balaban J connectivity index is 2.64. The van der Waals surface area contributed by atoms with E-state index >= 15 is 0 Å². The lowest BCUT2D eigenvalue weighted by Crippen LogP contribution is -2.36. The molecule has 17 heavy (non-hydrogen) atoms. The summed E-state index contributed by atoms with van der Waals surface area (Å²) in [5.74, 6) is 1.16. The first-order valence-electron chi connectivity index (χ1n) is 6.25. The molecule has 4 nitrogen and oxygen atoms in total. The zero-order valence-electron chi connectivity index (χ0n) is 11.2. The molecule has 0 aromatic carbocycles. The molecule has 1 aromatic heterocycles. The van der Waals surface area contributed by atoms with Crippen LogP contribution in [0.5, 0.6) is 5.88 Å². The lowest BCUT2D eigenvalue weighted by molar-refractivity contribution is 0.379. The standard InChI is InChI=1S/C13H23N3O/c1-5-6-15-12(10(2)3)7-11-8-14-9-13(16-11)17-4/h8-10,12,15H,5-7H2,1-4H3. The zero-order valence-corrected chi connectivity index (χ0v) is 11.2. The van der Waals surface area contributed by atoms with Crippen LogP contribution in [0.4, 0.5) is 0 Å². The Kier molecular flexibility index (Phi) is 5.91. The van der Waals surface area contributed by atoms with Gasteiger partial charge < -0.3 is 10.1 Å². The minimum Gasteiger partial charge on any atom is -0.480 e. The molecule has 0 fully saturated rings. The third-order valence-corrected chi connectivity index (χ3v) is 2.76. The number of ether oxygens (including phenoxy) is 1. The first-order chi connectivity index (χ1) is 8.17. The topological polar surface area (TPSA) is 47.0 Å². The summed E-state index contributed by atoms with van der Waals surface area (Å²) >= 11 is 0. The molecular weight excluding hydrogens is 214 g/mol. The van der Waals surface area contributed by atoms with Crippen molar-refractivity contribution < 1.29 is 4.74 Å². The lowest BCUT2D eigenvalue weighted by atomic mass is 9.99. The van der Waals surface area contributed by atoms with E-state index in [0.717, 1.165) is 25.1 Å². The average Bonchev–Trinajstić information content (AvgIpc) is 2.34. The normalized spacial score (nSPS) is 12.8.